The fourth-order valence-corrected chi connectivity index (χ4v) is 2.37. The van der Waals surface area contributed by atoms with Crippen molar-refractivity contribution in [2.45, 2.75) is 0 Å². The molecule has 7 heteroatoms. The first kappa shape index (κ1) is 15.9. The van der Waals surface area contributed by atoms with Gasteiger partial charge in [-0.3, -0.25) is 4.79 Å². The van der Waals surface area contributed by atoms with Crippen molar-refractivity contribution in [1.29, 1.82) is 0 Å². The number of halogens is 4. The molecule has 0 saturated heterocycles. The van der Waals surface area contributed by atoms with Gasteiger partial charge in [-0.1, -0.05) is 40.9 Å². The van der Waals surface area contributed by atoms with Gasteiger partial charge < -0.3 is 10.6 Å². The highest BCUT2D eigenvalue weighted by Gasteiger charge is 2.16. The van der Waals surface area contributed by atoms with Gasteiger partial charge >= 0.3 is 0 Å². The molecule has 0 atom stereocenters. The number of hydrogen-bond acceptors (Lipinski definition) is 2. The second-order valence-electron chi connectivity index (χ2n) is 4.11. The molecule has 3 nitrogen and oxygen atoms in total. The quantitative estimate of drug-likeness (QED) is 0.760. The lowest BCUT2D eigenvalue weighted by molar-refractivity contribution is 0.102. The van der Waals surface area contributed by atoms with Crippen LogP contribution in [0.25, 0.3) is 0 Å². The van der Waals surface area contributed by atoms with E-state index in [1.54, 1.807) is 0 Å². The van der Waals surface area contributed by atoms with Crippen LogP contribution in [0.15, 0.2) is 30.3 Å². The molecule has 21 heavy (non-hydrogen) atoms. The van der Waals surface area contributed by atoms with Crippen LogP contribution in [-0.2, 0) is 0 Å². The second-order valence-corrected chi connectivity index (χ2v) is 5.33. The third-order valence-corrected chi connectivity index (χ3v) is 3.80. The summed E-state index contributed by atoms with van der Waals surface area (Å²) in [5, 5.41) is 5.99. The lowest BCUT2D eigenvalue weighted by Crippen LogP contribution is -2.15. The van der Waals surface area contributed by atoms with Crippen molar-refractivity contribution in [3.63, 3.8) is 0 Å². The lowest BCUT2D eigenvalue weighted by Gasteiger charge is -2.12. The Hall–Kier alpha value is -1.49. The Balaban J connectivity index is 2.35. The summed E-state index contributed by atoms with van der Waals surface area (Å²) in [6.45, 7) is 0. The van der Waals surface area contributed by atoms with Crippen molar-refractivity contribution >= 4 is 52.1 Å². The molecule has 0 saturated carbocycles. The van der Waals surface area contributed by atoms with Gasteiger partial charge in [-0.05, 0) is 24.3 Å². The van der Waals surface area contributed by atoms with E-state index in [1.165, 1.54) is 37.4 Å². The van der Waals surface area contributed by atoms with E-state index in [9.17, 15) is 9.18 Å². The molecule has 0 heterocycles. The molecule has 0 spiro atoms. The van der Waals surface area contributed by atoms with E-state index in [2.05, 4.69) is 10.6 Å². The normalized spacial score (nSPS) is 10.3. The number of amides is 1. The number of rotatable bonds is 3. The van der Waals surface area contributed by atoms with Crippen LogP contribution < -0.4 is 10.6 Å². The second kappa shape index (κ2) is 6.52. The molecule has 0 aliphatic carbocycles. The predicted molar refractivity (Wildman–Crippen MR) is 85.4 cm³/mol. The molecular formula is C14H10Cl3FN2O. The van der Waals surface area contributed by atoms with Crippen LogP contribution in [0.2, 0.25) is 15.1 Å². The fourth-order valence-electron chi connectivity index (χ4n) is 1.78. The van der Waals surface area contributed by atoms with Crippen LogP contribution >= 0.6 is 34.8 Å². The molecule has 0 bridgehead atoms. The molecule has 1 amide bonds. The standard InChI is InChI=1S/C14H10Cl3FN2O/c1-19-13-7(3-2-4-11(13)18)14(21)20-12-6-9(16)8(15)5-10(12)17/h2-6,19H,1H3,(H,20,21). The zero-order valence-electron chi connectivity index (χ0n) is 10.8. The Kier molecular flexibility index (Phi) is 4.93. The summed E-state index contributed by atoms with van der Waals surface area (Å²) < 4.78 is 13.6. The van der Waals surface area contributed by atoms with Gasteiger partial charge in [0, 0.05) is 7.05 Å². The van der Waals surface area contributed by atoms with Gasteiger partial charge in [0.2, 0.25) is 0 Å². The molecule has 0 aliphatic heterocycles. The first-order valence-electron chi connectivity index (χ1n) is 5.86. The third-order valence-electron chi connectivity index (χ3n) is 2.77. The van der Waals surface area contributed by atoms with Crippen LogP contribution in [-0.4, -0.2) is 13.0 Å². The predicted octanol–water partition coefficient (Wildman–Crippen LogP) is 5.08. The number of carbonyl (C=O) groups is 1. The Labute approximate surface area is 136 Å². The molecule has 2 rings (SSSR count). The number of para-hydroxylation sites is 1. The van der Waals surface area contributed by atoms with Crippen molar-refractivity contribution in [2.75, 3.05) is 17.7 Å². The zero-order chi connectivity index (χ0) is 15.6. The smallest absolute Gasteiger partial charge is 0.257 e. The molecule has 2 aromatic rings. The first-order chi connectivity index (χ1) is 9.93. The number of hydrogen-bond donors (Lipinski definition) is 2. The number of anilines is 2. The maximum Gasteiger partial charge on any atom is 0.257 e. The van der Waals surface area contributed by atoms with Gasteiger partial charge in [0.1, 0.15) is 5.82 Å². The minimum absolute atomic E-state index is 0.103. The van der Waals surface area contributed by atoms with E-state index in [4.69, 9.17) is 34.8 Å². The van der Waals surface area contributed by atoms with Crippen LogP contribution in [0.1, 0.15) is 10.4 Å². The maximum atomic E-state index is 13.6. The van der Waals surface area contributed by atoms with E-state index in [-0.39, 0.29) is 26.3 Å². The zero-order valence-corrected chi connectivity index (χ0v) is 13.1. The number of benzene rings is 2. The van der Waals surface area contributed by atoms with Crippen LogP contribution in [0.4, 0.5) is 15.8 Å². The van der Waals surface area contributed by atoms with Gasteiger partial charge in [-0.15, -0.1) is 0 Å². The maximum absolute atomic E-state index is 13.6. The Bertz CT molecular complexity index is 707. The molecule has 0 aromatic heterocycles. The summed E-state index contributed by atoms with van der Waals surface area (Å²) in [6, 6.07) is 7.06. The van der Waals surface area contributed by atoms with Gasteiger partial charge in [0.05, 0.1) is 32.0 Å². The van der Waals surface area contributed by atoms with E-state index >= 15 is 0 Å². The highest BCUT2D eigenvalue weighted by atomic mass is 35.5. The summed E-state index contributed by atoms with van der Waals surface area (Å²) in [7, 11) is 1.53. The minimum Gasteiger partial charge on any atom is -0.385 e. The average molecular weight is 348 g/mol. The summed E-state index contributed by atoms with van der Waals surface area (Å²) in [5.74, 6) is -1.04. The summed E-state index contributed by atoms with van der Waals surface area (Å²) >= 11 is 17.7. The van der Waals surface area contributed by atoms with Gasteiger partial charge in [0.25, 0.3) is 5.91 Å². The summed E-state index contributed by atoms with van der Waals surface area (Å²) in [6.07, 6.45) is 0. The topological polar surface area (TPSA) is 41.1 Å². The summed E-state index contributed by atoms with van der Waals surface area (Å²) in [5.41, 5.74) is 0.549. The van der Waals surface area contributed by atoms with E-state index in [1.807, 2.05) is 0 Å². The number of nitrogens with one attached hydrogen (secondary N) is 2. The molecule has 2 aromatic carbocycles. The van der Waals surface area contributed by atoms with Crippen molar-refractivity contribution in [2.24, 2.45) is 0 Å². The molecule has 0 unspecified atom stereocenters. The fraction of sp³-hybridized carbons (Fsp3) is 0.0714. The SMILES string of the molecule is CNc1c(F)cccc1C(=O)Nc1cc(Cl)c(Cl)cc1Cl. The molecule has 0 aliphatic rings. The van der Waals surface area contributed by atoms with Gasteiger partial charge in [-0.2, -0.15) is 0 Å². The first-order valence-corrected chi connectivity index (χ1v) is 6.99. The van der Waals surface area contributed by atoms with E-state index in [0.717, 1.165) is 0 Å². The van der Waals surface area contributed by atoms with Crippen LogP contribution in [0, 0.1) is 5.82 Å². The Morgan fingerprint density at radius 3 is 2.43 bits per heavy atom. The van der Waals surface area contributed by atoms with Crippen LogP contribution in [0.3, 0.4) is 0 Å². The van der Waals surface area contributed by atoms with Crippen molar-refractivity contribution in [3.05, 3.63) is 56.8 Å². The van der Waals surface area contributed by atoms with E-state index in [0.29, 0.717) is 5.69 Å². The summed E-state index contributed by atoms with van der Waals surface area (Å²) in [4.78, 5) is 12.2. The Morgan fingerprint density at radius 1 is 1.10 bits per heavy atom. The molecule has 0 radical (unpaired) electrons. The third kappa shape index (κ3) is 3.40. The van der Waals surface area contributed by atoms with E-state index < -0.39 is 11.7 Å². The van der Waals surface area contributed by atoms with Crippen molar-refractivity contribution in [3.8, 4) is 0 Å². The Morgan fingerprint density at radius 2 is 1.76 bits per heavy atom. The van der Waals surface area contributed by atoms with Gasteiger partial charge in [0.15, 0.2) is 0 Å². The molecular weight excluding hydrogens is 338 g/mol. The highest BCUT2D eigenvalue weighted by molar-refractivity contribution is 6.44. The molecule has 2 N–H and O–H groups in total. The number of carbonyl (C=O) groups excluding carboxylic acids is 1. The highest BCUT2D eigenvalue weighted by Crippen LogP contribution is 2.32. The lowest BCUT2D eigenvalue weighted by atomic mass is 10.1. The van der Waals surface area contributed by atoms with Gasteiger partial charge in [-0.25, -0.2) is 4.39 Å². The average Bonchev–Trinajstić information content (AvgIpc) is 2.44. The van der Waals surface area contributed by atoms with Crippen LogP contribution in [0.5, 0.6) is 0 Å². The molecule has 0 fully saturated rings. The van der Waals surface area contributed by atoms with Crippen molar-refractivity contribution in [1.82, 2.24) is 0 Å². The van der Waals surface area contributed by atoms with Crippen molar-refractivity contribution < 1.29 is 9.18 Å². The molecule has 110 valence electrons. The minimum atomic E-state index is -0.523. The largest absolute Gasteiger partial charge is 0.385 e. The monoisotopic (exact) mass is 346 g/mol.